The summed E-state index contributed by atoms with van der Waals surface area (Å²) in [6.45, 7) is 4.39. The number of rotatable bonds is 9. The Morgan fingerprint density at radius 1 is 1.07 bits per heavy atom. The lowest BCUT2D eigenvalue weighted by Gasteiger charge is -2.31. The molecule has 0 aliphatic carbocycles. The zero-order valence-corrected chi connectivity index (χ0v) is 19.1. The summed E-state index contributed by atoms with van der Waals surface area (Å²) >= 11 is 18.2. The molecule has 2 amide bonds. The van der Waals surface area contributed by atoms with Gasteiger partial charge in [-0.1, -0.05) is 60.8 Å². The minimum absolute atomic E-state index is 0.104. The number of carbonyl (C=O) groups is 2. The Morgan fingerprint density at radius 2 is 1.80 bits per heavy atom. The van der Waals surface area contributed by atoms with Gasteiger partial charge in [0.05, 0.1) is 16.5 Å². The molecule has 0 bridgehead atoms. The molecule has 1 atom stereocenters. The molecule has 1 N–H and O–H groups in total. The zero-order valence-electron chi connectivity index (χ0n) is 16.9. The molecule has 1 unspecified atom stereocenters. The highest BCUT2D eigenvalue weighted by Crippen LogP contribution is 2.25. The van der Waals surface area contributed by atoms with E-state index in [1.807, 2.05) is 13.8 Å². The fraction of sp³-hybridized carbons (Fsp3) is 0.364. The van der Waals surface area contributed by atoms with E-state index >= 15 is 0 Å². The second-order valence-corrected chi connectivity index (χ2v) is 8.08. The second-order valence-electron chi connectivity index (χ2n) is 6.86. The number of nitrogens with one attached hydrogen (secondary N) is 1. The van der Waals surface area contributed by atoms with Crippen LogP contribution in [0.5, 0.6) is 0 Å². The monoisotopic (exact) mass is 472 g/mol. The van der Waals surface area contributed by atoms with Crippen LogP contribution < -0.4 is 5.32 Å². The quantitative estimate of drug-likeness (QED) is 0.511. The molecule has 0 heterocycles. The Morgan fingerprint density at radius 3 is 2.40 bits per heavy atom. The van der Waals surface area contributed by atoms with Crippen molar-refractivity contribution in [1.82, 2.24) is 10.2 Å². The van der Waals surface area contributed by atoms with Crippen molar-refractivity contribution < 1.29 is 14.0 Å². The van der Waals surface area contributed by atoms with Gasteiger partial charge in [0.25, 0.3) is 0 Å². The summed E-state index contributed by atoms with van der Waals surface area (Å²) in [7, 11) is 0. The van der Waals surface area contributed by atoms with Crippen LogP contribution in [0.2, 0.25) is 15.1 Å². The molecule has 0 fully saturated rings. The Hall–Kier alpha value is -1.82. The highest BCUT2D eigenvalue weighted by molar-refractivity contribution is 6.42. The third-order valence-electron chi connectivity index (χ3n) is 4.66. The Labute approximate surface area is 191 Å². The van der Waals surface area contributed by atoms with E-state index in [9.17, 15) is 14.0 Å². The SMILES string of the molecule is CCCNC(=O)C(CC)N(Cc1ccc(Cl)c(Cl)c1)C(=O)Cc1c(F)cccc1Cl. The first-order valence-corrected chi connectivity index (χ1v) is 10.9. The number of amides is 2. The van der Waals surface area contributed by atoms with E-state index in [0.29, 0.717) is 28.6 Å². The minimum atomic E-state index is -0.718. The first-order chi connectivity index (χ1) is 14.3. The van der Waals surface area contributed by atoms with Gasteiger partial charge in [0.1, 0.15) is 11.9 Å². The first-order valence-electron chi connectivity index (χ1n) is 9.72. The van der Waals surface area contributed by atoms with Gasteiger partial charge < -0.3 is 10.2 Å². The third kappa shape index (κ3) is 6.34. The van der Waals surface area contributed by atoms with Crippen molar-refractivity contribution in [3.05, 3.63) is 68.4 Å². The van der Waals surface area contributed by atoms with Gasteiger partial charge in [-0.3, -0.25) is 9.59 Å². The van der Waals surface area contributed by atoms with E-state index < -0.39 is 17.8 Å². The highest BCUT2D eigenvalue weighted by atomic mass is 35.5. The number of halogens is 4. The second kappa shape index (κ2) is 11.5. The lowest BCUT2D eigenvalue weighted by molar-refractivity contribution is -0.141. The predicted octanol–water partition coefficient (Wildman–Crippen LogP) is 5.66. The molecular weight excluding hydrogens is 450 g/mol. The summed E-state index contributed by atoms with van der Waals surface area (Å²) in [5.41, 5.74) is 0.811. The molecule has 2 rings (SSSR count). The van der Waals surface area contributed by atoms with Crippen molar-refractivity contribution >= 4 is 46.6 Å². The number of carbonyl (C=O) groups excluding carboxylic acids is 2. The largest absolute Gasteiger partial charge is 0.354 e. The maximum Gasteiger partial charge on any atom is 0.242 e. The molecule has 0 aromatic heterocycles. The summed E-state index contributed by atoms with van der Waals surface area (Å²) in [5.74, 6) is -1.23. The first kappa shape index (κ1) is 24.4. The van der Waals surface area contributed by atoms with Crippen LogP contribution >= 0.6 is 34.8 Å². The predicted molar refractivity (Wildman–Crippen MR) is 120 cm³/mol. The van der Waals surface area contributed by atoms with Crippen LogP contribution in [-0.4, -0.2) is 29.3 Å². The lowest BCUT2D eigenvalue weighted by Crippen LogP contribution is -2.49. The topological polar surface area (TPSA) is 49.4 Å². The van der Waals surface area contributed by atoms with Crippen molar-refractivity contribution in [3.63, 3.8) is 0 Å². The maximum atomic E-state index is 14.2. The number of hydrogen-bond acceptors (Lipinski definition) is 2. The van der Waals surface area contributed by atoms with E-state index in [0.717, 1.165) is 6.42 Å². The number of benzene rings is 2. The molecule has 162 valence electrons. The summed E-state index contributed by atoms with van der Waals surface area (Å²) in [6, 6.07) is 8.56. The molecule has 0 aliphatic heterocycles. The molecule has 8 heteroatoms. The van der Waals surface area contributed by atoms with E-state index in [1.165, 1.54) is 23.1 Å². The average molecular weight is 474 g/mol. The maximum absolute atomic E-state index is 14.2. The average Bonchev–Trinajstić information content (AvgIpc) is 2.71. The minimum Gasteiger partial charge on any atom is -0.354 e. The van der Waals surface area contributed by atoms with E-state index in [1.54, 1.807) is 18.2 Å². The Bertz CT molecular complexity index is 888. The molecule has 4 nitrogen and oxygen atoms in total. The van der Waals surface area contributed by atoms with E-state index in [2.05, 4.69) is 5.32 Å². The van der Waals surface area contributed by atoms with Crippen LogP contribution in [0.4, 0.5) is 4.39 Å². The highest BCUT2D eigenvalue weighted by Gasteiger charge is 2.29. The fourth-order valence-electron chi connectivity index (χ4n) is 3.07. The smallest absolute Gasteiger partial charge is 0.242 e. The molecule has 30 heavy (non-hydrogen) atoms. The lowest BCUT2D eigenvalue weighted by atomic mass is 10.1. The Kier molecular flexibility index (Phi) is 9.40. The van der Waals surface area contributed by atoms with Crippen molar-refractivity contribution in [2.75, 3.05) is 6.54 Å². The summed E-state index contributed by atoms with van der Waals surface area (Å²) in [6.07, 6.45) is 0.908. The van der Waals surface area contributed by atoms with Crippen LogP contribution in [0.1, 0.15) is 37.8 Å². The summed E-state index contributed by atoms with van der Waals surface area (Å²) < 4.78 is 14.2. The van der Waals surface area contributed by atoms with Gasteiger partial charge in [-0.05, 0) is 42.7 Å². The van der Waals surface area contributed by atoms with E-state index in [4.69, 9.17) is 34.8 Å². The number of nitrogens with zero attached hydrogens (tertiary/aromatic N) is 1. The van der Waals surface area contributed by atoms with Gasteiger partial charge >= 0.3 is 0 Å². The third-order valence-corrected chi connectivity index (χ3v) is 5.75. The van der Waals surface area contributed by atoms with Crippen LogP contribution in [-0.2, 0) is 22.6 Å². The van der Waals surface area contributed by atoms with Gasteiger partial charge in [0.15, 0.2) is 0 Å². The molecular formula is C22H24Cl3FN2O2. The molecule has 2 aromatic rings. The van der Waals surface area contributed by atoms with Crippen LogP contribution in [0, 0.1) is 5.82 Å². The molecule has 2 aromatic carbocycles. The molecule has 0 saturated heterocycles. The van der Waals surface area contributed by atoms with Crippen molar-refractivity contribution in [2.45, 2.75) is 45.7 Å². The molecule has 0 saturated carbocycles. The standard InChI is InChI=1S/C22H24Cl3FN2O2/c1-3-10-27-22(30)20(4-2)28(13-14-8-9-17(24)18(25)11-14)21(29)12-15-16(23)6-5-7-19(15)26/h5-9,11,20H,3-4,10,12-13H2,1-2H3,(H,27,30). The molecule has 0 spiro atoms. The van der Waals surface area contributed by atoms with E-state index in [-0.39, 0.29) is 29.5 Å². The van der Waals surface area contributed by atoms with Crippen LogP contribution in [0.3, 0.4) is 0 Å². The van der Waals surface area contributed by atoms with Gasteiger partial charge in [-0.15, -0.1) is 0 Å². The summed E-state index contributed by atoms with van der Waals surface area (Å²) in [5, 5.41) is 3.74. The zero-order chi connectivity index (χ0) is 22.3. The van der Waals surface area contributed by atoms with Gasteiger partial charge in [-0.25, -0.2) is 4.39 Å². The van der Waals surface area contributed by atoms with Crippen molar-refractivity contribution in [2.24, 2.45) is 0 Å². The van der Waals surface area contributed by atoms with Crippen LogP contribution in [0.25, 0.3) is 0 Å². The summed E-state index contributed by atoms with van der Waals surface area (Å²) in [4.78, 5) is 27.4. The van der Waals surface area contributed by atoms with Crippen molar-refractivity contribution in [1.29, 1.82) is 0 Å². The van der Waals surface area contributed by atoms with Gasteiger partial charge in [-0.2, -0.15) is 0 Å². The molecule has 0 radical (unpaired) electrons. The van der Waals surface area contributed by atoms with Crippen LogP contribution in [0.15, 0.2) is 36.4 Å². The fourth-order valence-corrected chi connectivity index (χ4v) is 3.62. The Balaban J connectivity index is 2.36. The van der Waals surface area contributed by atoms with Gasteiger partial charge in [0.2, 0.25) is 11.8 Å². The molecule has 0 aliphatic rings. The number of hydrogen-bond donors (Lipinski definition) is 1. The normalized spacial score (nSPS) is 11.8. The van der Waals surface area contributed by atoms with Crippen molar-refractivity contribution in [3.8, 4) is 0 Å². The van der Waals surface area contributed by atoms with Gasteiger partial charge in [0, 0.05) is 23.7 Å².